The molecule has 0 N–H and O–H groups in total. The quantitative estimate of drug-likeness (QED) is 0.329. The van der Waals surface area contributed by atoms with Gasteiger partial charge in [-0.25, -0.2) is 13.4 Å². The standard InChI is InChI=1S/C27H27N3O4S2/c1-34-22-12-15-24-25(18-22)35-27(28-24)30(19-20-8-4-2-5-9-20)26(31)21-10-13-23(14-11-21)36(32,33)29-16-6-3-7-17-29/h2,4-5,8-15,18H,3,6-7,16-17,19H2,1H3. The van der Waals surface area contributed by atoms with Gasteiger partial charge in [0.15, 0.2) is 5.13 Å². The van der Waals surface area contributed by atoms with E-state index in [0.717, 1.165) is 40.8 Å². The minimum Gasteiger partial charge on any atom is -0.497 e. The molecule has 0 aliphatic carbocycles. The van der Waals surface area contributed by atoms with E-state index in [1.54, 1.807) is 24.1 Å². The summed E-state index contributed by atoms with van der Waals surface area (Å²) in [5, 5.41) is 0.567. The highest BCUT2D eigenvalue weighted by molar-refractivity contribution is 7.89. The van der Waals surface area contributed by atoms with Crippen LogP contribution in [0.3, 0.4) is 0 Å². The number of ether oxygens (including phenoxy) is 1. The zero-order chi connectivity index (χ0) is 25.1. The van der Waals surface area contributed by atoms with Gasteiger partial charge in [0.05, 0.1) is 28.8 Å². The maximum atomic E-state index is 13.7. The van der Waals surface area contributed by atoms with Crippen molar-refractivity contribution in [3.63, 3.8) is 0 Å². The number of carbonyl (C=O) groups is 1. The number of fused-ring (bicyclic) bond motifs is 1. The Morgan fingerprint density at radius 2 is 1.72 bits per heavy atom. The molecule has 1 aromatic heterocycles. The first-order valence-electron chi connectivity index (χ1n) is 11.9. The number of anilines is 1. The fourth-order valence-electron chi connectivity index (χ4n) is 4.31. The van der Waals surface area contributed by atoms with Gasteiger partial charge in [-0.15, -0.1) is 0 Å². The molecule has 0 saturated carbocycles. The van der Waals surface area contributed by atoms with Crippen molar-refractivity contribution in [1.29, 1.82) is 0 Å². The van der Waals surface area contributed by atoms with Gasteiger partial charge < -0.3 is 4.74 Å². The summed E-state index contributed by atoms with van der Waals surface area (Å²) in [6, 6.07) is 21.6. The molecule has 7 nitrogen and oxygen atoms in total. The number of piperidine rings is 1. The Bertz CT molecular complexity index is 1460. The van der Waals surface area contributed by atoms with Crippen molar-refractivity contribution in [3.05, 3.63) is 83.9 Å². The SMILES string of the molecule is COc1ccc2nc(N(Cc3ccccc3)C(=O)c3ccc(S(=O)(=O)N4CCCCC4)cc3)sc2c1. The molecule has 0 unspecified atom stereocenters. The number of nitrogens with zero attached hydrogens (tertiary/aromatic N) is 3. The molecule has 0 spiro atoms. The first-order chi connectivity index (χ1) is 17.5. The first-order valence-corrected chi connectivity index (χ1v) is 14.1. The molecular formula is C27H27N3O4S2. The third kappa shape index (κ3) is 5.00. The third-order valence-electron chi connectivity index (χ3n) is 6.30. The zero-order valence-corrected chi connectivity index (χ0v) is 21.6. The van der Waals surface area contributed by atoms with Crippen LogP contribution in [0.25, 0.3) is 10.2 Å². The van der Waals surface area contributed by atoms with Crippen LogP contribution in [0.4, 0.5) is 5.13 Å². The maximum absolute atomic E-state index is 13.7. The number of carbonyl (C=O) groups excluding carboxylic acids is 1. The predicted octanol–water partition coefficient (Wildman–Crippen LogP) is 5.33. The molecular weight excluding hydrogens is 494 g/mol. The molecule has 4 aromatic rings. The molecule has 0 bridgehead atoms. The highest BCUT2D eigenvalue weighted by Crippen LogP contribution is 2.33. The van der Waals surface area contributed by atoms with Crippen LogP contribution in [0.2, 0.25) is 0 Å². The summed E-state index contributed by atoms with van der Waals surface area (Å²) in [6.45, 7) is 1.41. The molecule has 36 heavy (non-hydrogen) atoms. The number of methoxy groups -OCH3 is 1. The largest absolute Gasteiger partial charge is 0.497 e. The molecule has 2 heterocycles. The Morgan fingerprint density at radius 3 is 2.42 bits per heavy atom. The van der Waals surface area contributed by atoms with Gasteiger partial charge in [-0.2, -0.15) is 4.31 Å². The molecule has 1 aliphatic heterocycles. The van der Waals surface area contributed by atoms with E-state index in [0.29, 0.717) is 30.3 Å². The first kappa shape index (κ1) is 24.4. The zero-order valence-electron chi connectivity index (χ0n) is 20.0. The van der Waals surface area contributed by atoms with Crippen molar-refractivity contribution in [2.75, 3.05) is 25.1 Å². The lowest BCUT2D eigenvalue weighted by Gasteiger charge is -2.26. The lowest BCUT2D eigenvalue weighted by molar-refractivity contribution is 0.0985. The van der Waals surface area contributed by atoms with Gasteiger partial charge in [0.1, 0.15) is 5.75 Å². The van der Waals surface area contributed by atoms with E-state index in [9.17, 15) is 13.2 Å². The van der Waals surface area contributed by atoms with E-state index in [4.69, 9.17) is 9.72 Å². The molecule has 9 heteroatoms. The molecule has 1 aliphatic rings. The van der Waals surface area contributed by atoms with Gasteiger partial charge in [0, 0.05) is 18.7 Å². The van der Waals surface area contributed by atoms with Crippen molar-refractivity contribution in [2.45, 2.75) is 30.7 Å². The molecule has 1 fully saturated rings. The molecule has 0 radical (unpaired) electrons. The summed E-state index contributed by atoms with van der Waals surface area (Å²) in [5.74, 6) is 0.482. The van der Waals surface area contributed by atoms with E-state index in [1.807, 2.05) is 48.5 Å². The molecule has 1 saturated heterocycles. The van der Waals surface area contributed by atoms with E-state index < -0.39 is 10.0 Å². The smallest absolute Gasteiger partial charge is 0.260 e. The number of aromatic nitrogens is 1. The van der Waals surface area contributed by atoms with Crippen molar-refractivity contribution in [3.8, 4) is 5.75 Å². The van der Waals surface area contributed by atoms with Crippen LogP contribution >= 0.6 is 11.3 Å². The Labute approximate surface area is 215 Å². The Kier molecular flexibility index (Phi) is 7.04. The second-order valence-corrected chi connectivity index (χ2v) is 11.6. The second-order valence-electron chi connectivity index (χ2n) is 8.70. The van der Waals surface area contributed by atoms with Crippen molar-refractivity contribution < 1.29 is 17.9 Å². The third-order valence-corrected chi connectivity index (χ3v) is 9.25. The van der Waals surface area contributed by atoms with Crippen molar-refractivity contribution >= 4 is 42.6 Å². The van der Waals surface area contributed by atoms with Crippen LogP contribution in [-0.2, 0) is 16.6 Å². The fraction of sp³-hybridized carbons (Fsp3) is 0.259. The van der Waals surface area contributed by atoms with Crippen LogP contribution in [0.1, 0.15) is 35.2 Å². The van der Waals surface area contributed by atoms with E-state index in [2.05, 4.69) is 0 Å². The number of hydrogen-bond donors (Lipinski definition) is 0. The Morgan fingerprint density at radius 1 is 1.00 bits per heavy atom. The summed E-state index contributed by atoms with van der Waals surface area (Å²) in [4.78, 5) is 20.3. The highest BCUT2D eigenvalue weighted by atomic mass is 32.2. The average Bonchev–Trinajstić information content (AvgIpc) is 3.35. The van der Waals surface area contributed by atoms with Crippen LogP contribution in [0, 0.1) is 0 Å². The number of sulfonamides is 1. The van der Waals surface area contributed by atoms with Crippen molar-refractivity contribution in [2.24, 2.45) is 0 Å². The summed E-state index contributed by atoms with van der Waals surface area (Å²) in [6.07, 6.45) is 2.80. The van der Waals surface area contributed by atoms with Crippen LogP contribution in [-0.4, -0.2) is 43.8 Å². The van der Waals surface area contributed by atoms with Crippen molar-refractivity contribution in [1.82, 2.24) is 9.29 Å². The molecule has 186 valence electrons. The molecule has 0 atom stereocenters. The van der Waals surface area contributed by atoms with Crippen LogP contribution in [0.15, 0.2) is 77.7 Å². The van der Waals surface area contributed by atoms with Gasteiger partial charge in [0.25, 0.3) is 5.91 Å². The molecule has 5 rings (SSSR count). The lowest BCUT2D eigenvalue weighted by Crippen LogP contribution is -2.35. The van der Waals surface area contributed by atoms with E-state index >= 15 is 0 Å². The second kappa shape index (κ2) is 10.4. The Hall–Kier alpha value is -3.27. The van der Waals surface area contributed by atoms with Gasteiger partial charge in [0.2, 0.25) is 10.0 Å². The summed E-state index contributed by atoms with van der Waals surface area (Å²) in [7, 11) is -1.95. The normalized spacial score (nSPS) is 14.6. The van der Waals surface area contributed by atoms with Gasteiger partial charge >= 0.3 is 0 Å². The maximum Gasteiger partial charge on any atom is 0.260 e. The lowest BCUT2D eigenvalue weighted by atomic mass is 10.1. The average molecular weight is 522 g/mol. The van der Waals surface area contributed by atoms with Gasteiger partial charge in [-0.1, -0.05) is 48.1 Å². The topological polar surface area (TPSA) is 79.8 Å². The van der Waals surface area contributed by atoms with E-state index in [-0.39, 0.29) is 10.8 Å². The van der Waals surface area contributed by atoms with Gasteiger partial charge in [-0.3, -0.25) is 9.69 Å². The minimum absolute atomic E-state index is 0.211. The number of benzene rings is 3. The predicted molar refractivity (Wildman–Crippen MR) is 142 cm³/mol. The minimum atomic E-state index is -3.56. The monoisotopic (exact) mass is 521 g/mol. The summed E-state index contributed by atoms with van der Waals surface area (Å²) < 4.78 is 33.8. The number of amides is 1. The number of hydrogen-bond acceptors (Lipinski definition) is 6. The number of rotatable bonds is 7. The summed E-state index contributed by atoms with van der Waals surface area (Å²) in [5.41, 5.74) is 2.15. The van der Waals surface area contributed by atoms with Crippen LogP contribution < -0.4 is 9.64 Å². The number of thiazole rings is 1. The van der Waals surface area contributed by atoms with Crippen LogP contribution in [0.5, 0.6) is 5.75 Å². The molecule has 3 aromatic carbocycles. The van der Waals surface area contributed by atoms with E-state index in [1.165, 1.54) is 27.8 Å². The summed E-state index contributed by atoms with van der Waals surface area (Å²) >= 11 is 1.41. The van der Waals surface area contributed by atoms with Gasteiger partial charge in [-0.05, 0) is 60.9 Å². The molecule has 1 amide bonds. The Balaban J connectivity index is 1.47. The fourth-order valence-corrected chi connectivity index (χ4v) is 6.82. The highest BCUT2D eigenvalue weighted by Gasteiger charge is 2.27.